The fourth-order valence-corrected chi connectivity index (χ4v) is 3.46. The molecule has 0 unspecified atom stereocenters. The second-order valence-corrected chi connectivity index (χ2v) is 7.57. The number of hydrogen-bond donors (Lipinski definition) is 1. The van der Waals surface area contributed by atoms with Crippen LogP contribution in [0.1, 0.15) is 28.9 Å². The van der Waals surface area contributed by atoms with Crippen molar-refractivity contribution in [1.29, 1.82) is 0 Å². The summed E-state index contributed by atoms with van der Waals surface area (Å²) in [6.45, 7) is 4.29. The molecule has 8 heteroatoms. The van der Waals surface area contributed by atoms with Crippen LogP contribution in [0.4, 0.5) is 0 Å². The van der Waals surface area contributed by atoms with Crippen molar-refractivity contribution in [2.45, 2.75) is 33.2 Å². The lowest BCUT2D eigenvalue weighted by Gasteiger charge is -2.09. The molecule has 4 aromatic rings. The second-order valence-electron chi connectivity index (χ2n) is 7.57. The normalized spacial score (nSPS) is 11.1. The van der Waals surface area contributed by atoms with Gasteiger partial charge in [-0.25, -0.2) is 9.67 Å². The lowest BCUT2D eigenvalue weighted by molar-refractivity contribution is -0.121. The van der Waals surface area contributed by atoms with E-state index in [1.807, 2.05) is 50.2 Å². The van der Waals surface area contributed by atoms with E-state index in [9.17, 15) is 9.59 Å². The minimum absolute atomic E-state index is 0.139. The van der Waals surface area contributed by atoms with Gasteiger partial charge < -0.3 is 5.32 Å². The number of nitrogens with zero attached hydrogens (tertiary/aromatic N) is 5. The summed E-state index contributed by atoms with van der Waals surface area (Å²) in [5.74, 6) is -0.139. The molecule has 158 valence electrons. The van der Waals surface area contributed by atoms with Crippen molar-refractivity contribution in [3.8, 4) is 5.69 Å². The number of aromatic nitrogens is 5. The summed E-state index contributed by atoms with van der Waals surface area (Å²) in [7, 11) is 1.71. The van der Waals surface area contributed by atoms with Gasteiger partial charge >= 0.3 is 0 Å². The van der Waals surface area contributed by atoms with Crippen molar-refractivity contribution in [3.05, 3.63) is 81.7 Å². The first-order valence-corrected chi connectivity index (χ1v) is 10.1. The van der Waals surface area contributed by atoms with Gasteiger partial charge in [0.05, 0.1) is 11.4 Å². The minimum atomic E-state index is -0.221. The van der Waals surface area contributed by atoms with Gasteiger partial charge in [-0.2, -0.15) is 5.10 Å². The topological polar surface area (TPSA) is 94.7 Å². The molecule has 0 saturated carbocycles. The molecule has 0 spiro atoms. The summed E-state index contributed by atoms with van der Waals surface area (Å²) in [5.41, 5.74) is 5.10. The number of fused-ring (bicyclic) bond motifs is 1. The second kappa shape index (κ2) is 8.51. The summed E-state index contributed by atoms with van der Waals surface area (Å²) in [4.78, 5) is 33.8. The molecule has 1 amide bonds. The van der Waals surface area contributed by atoms with Crippen molar-refractivity contribution in [2.75, 3.05) is 0 Å². The molecule has 0 bridgehead atoms. The van der Waals surface area contributed by atoms with Crippen molar-refractivity contribution in [2.24, 2.45) is 7.05 Å². The highest BCUT2D eigenvalue weighted by Crippen LogP contribution is 2.19. The number of aryl methyl sites for hydroxylation is 4. The van der Waals surface area contributed by atoms with Gasteiger partial charge in [-0.3, -0.25) is 19.1 Å². The van der Waals surface area contributed by atoms with E-state index in [2.05, 4.69) is 20.4 Å². The predicted octanol–water partition coefficient (Wildman–Crippen LogP) is 2.38. The maximum atomic E-state index is 12.9. The monoisotopic (exact) mass is 416 g/mol. The zero-order valence-corrected chi connectivity index (χ0v) is 17.8. The van der Waals surface area contributed by atoms with E-state index in [0.717, 1.165) is 22.5 Å². The number of benzene rings is 1. The Balaban J connectivity index is 1.56. The van der Waals surface area contributed by atoms with Crippen LogP contribution in [-0.4, -0.2) is 30.2 Å². The van der Waals surface area contributed by atoms with Crippen molar-refractivity contribution in [1.82, 2.24) is 29.6 Å². The number of hydrogen-bond acceptors (Lipinski definition) is 5. The van der Waals surface area contributed by atoms with E-state index in [1.54, 1.807) is 28.7 Å². The van der Waals surface area contributed by atoms with Gasteiger partial charge in [0.2, 0.25) is 5.91 Å². The smallest absolute Gasteiger partial charge is 0.273 e. The zero-order chi connectivity index (χ0) is 22.0. The largest absolute Gasteiger partial charge is 0.352 e. The molecule has 0 aliphatic heterocycles. The third-order valence-electron chi connectivity index (χ3n) is 5.20. The lowest BCUT2D eigenvalue weighted by Crippen LogP contribution is -2.27. The van der Waals surface area contributed by atoms with Crippen LogP contribution < -0.4 is 10.9 Å². The summed E-state index contributed by atoms with van der Waals surface area (Å²) < 4.78 is 3.30. The number of amides is 1. The third kappa shape index (κ3) is 4.23. The Morgan fingerprint density at radius 3 is 2.61 bits per heavy atom. The molecule has 1 N–H and O–H groups in total. The Morgan fingerprint density at radius 2 is 1.90 bits per heavy atom. The lowest BCUT2D eigenvalue weighted by atomic mass is 10.2. The summed E-state index contributed by atoms with van der Waals surface area (Å²) in [6.07, 6.45) is 3.83. The third-order valence-corrected chi connectivity index (χ3v) is 5.20. The van der Waals surface area contributed by atoms with Crippen LogP contribution in [0.5, 0.6) is 0 Å². The molecule has 8 nitrogen and oxygen atoms in total. The first kappa shape index (κ1) is 20.5. The Kier molecular flexibility index (Phi) is 5.62. The van der Waals surface area contributed by atoms with Crippen LogP contribution in [0.15, 0.2) is 53.6 Å². The zero-order valence-electron chi connectivity index (χ0n) is 17.8. The van der Waals surface area contributed by atoms with Crippen LogP contribution in [0.2, 0.25) is 0 Å². The molecule has 0 fully saturated rings. The Morgan fingerprint density at radius 1 is 1.13 bits per heavy atom. The van der Waals surface area contributed by atoms with E-state index in [1.165, 1.54) is 0 Å². The van der Waals surface area contributed by atoms with Crippen LogP contribution >= 0.6 is 0 Å². The van der Waals surface area contributed by atoms with Gasteiger partial charge in [-0.05, 0) is 37.6 Å². The maximum absolute atomic E-state index is 12.9. The first-order chi connectivity index (χ1) is 14.9. The maximum Gasteiger partial charge on any atom is 0.273 e. The number of rotatable bonds is 6. The van der Waals surface area contributed by atoms with Gasteiger partial charge in [0.25, 0.3) is 5.56 Å². The molecular weight excluding hydrogens is 392 g/mol. The number of nitrogens with one attached hydrogen (secondary N) is 1. The predicted molar refractivity (Wildman–Crippen MR) is 118 cm³/mol. The van der Waals surface area contributed by atoms with Gasteiger partial charge in [-0.1, -0.05) is 23.8 Å². The SMILES string of the molecule is Cc1ccc(-n2nc(C)c3nc(CCC(=O)NCc4cccnc4)c(=O)n(C)c32)cc1. The molecule has 0 radical (unpaired) electrons. The average molecular weight is 416 g/mol. The molecule has 3 aromatic heterocycles. The fraction of sp³-hybridized carbons (Fsp3) is 0.261. The molecule has 0 saturated heterocycles. The van der Waals surface area contributed by atoms with Crippen molar-refractivity contribution < 1.29 is 4.79 Å². The van der Waals surface area contributed by atoms with E-state index < -0.39 is 0 Å². The first-order valence-electron chi connectivity index (χ1n) is 10.1. The molecule has 4 rings (SSSR count). The van der Waals surface area contributed by atoms with E-state index in [4.69, 9.17) is 0 Å². The fourth-order valence-electron chi connectivity index (χ4n) is 3.46. The van der Waals surface area contributed by atoms with Gasteiger partial charge in [-0.15, -0.1) is 0 Å². The Labute approximate surface area is 179 Å². The molecule has 0 aliphatic carbocycles. The molecule has 1 aromatic carbocycles. The highest BCUT2D eigenvalue weighted by Gasteiger charge is 2.18. The molecule has 0 aliphatic rings. The average Bonchev–Trinajstić information content (AvgIpc) is 3.11. The van der Waals surface area contributed by atoms with Gasteiger partial charge in [0.15, 0.2) is 5.65 Å². The molecular formula is C23H24N6O2. The van der Waals surface area contributed by atoms with Crippen LogP contribution in [0.3, 0.4) is 0 Å². The standard InChI is InChI=1S/C23H24N6O2/c1-15-6-8-18(9-7-15)29-22-21(16(2)27-29)26-19(23(31)28(22)3)10-11-20(30)25-14-17-5-4-12-24-13-17/h4-9,12-13H,10-11,14H2,1-3H3,(H,25,30). The molecule has 31 heavy (non-hydrogen) atoms. The molecule has 3 heterocycles. The van der Waals surface area contributed by atoms with Gasteiger partial charge in [0, 0.05) is 38.8 Å². The summed E-state index contributed by atoms with van der Waals surface area (Å²) in [5, 5.41) is 7.45. The number of pyridine rings is 1. The summed E-state index contributed by atoms with van der Waals surface area (Å²) in [6, 6.07) is 11.7. The van der Waals surface area contributed by atoms with Crippen LogP contribution in [0.25, 0.3) is 16.9 Å². The number of carbonyl (C=O) groups excluding carboxylic acids is 1. The van der Waals surface area contributed by atoms with E-state index >= 15 is 0 Å². The Bertz CT molecular complexity index is 1290. The quantitative estimate of drug-likeness (QED) is 0.521. The van der Waals surface area contributed by atoms with Crippen molar-refractivity contribution in [3.63, 3.8) is 0 Å². The minimum Gasteiger partial charge on any atom is -0.352 e. The van der Waals surface area contributed by atoms with E-state index in [0.29, 0.717) is 23.4 Å². The number of carbonyl (C=O) groups is 1. The van der Waals surface area contributed by atoms with Crippen molar-refractivity contribution >= 4 is 17.1 Å². The van der Waals surface area contributed by atoms with Gasteiger partial charge in [0.1, 0.15) is 11.2 Å². The van der Waals surface area contributed by atoms with Crippen LogP contribution in [0, 0.1) is 13.8 Å². The highest BCUT2D eigenvalue weighted by molar-refractivity contribution is 5.77. The molecule has 0 atom stereocenters. The van der Waals surface area contributed by atoms with Crippen LogP contribution in [-0.2, 0) is 24.8 Å². The highest BCUT2D eigenvalue weighted by atomic mass is 16.1. The van der Waals surface area contributed by atoms with E-state index in [-0.39, 0.29) is 24.3 Å². The Hall–Kier alpha value is -3.81. The summed E-state index contributed by atoms with van der Waals surface area (Å²) >= 11 is 0.